The maximum atomic E-state index is 9.37. The Hall–Kier alpha value is -2.30. The maximum absolute atomic E-state index is 9.37. The number of benzene rings is 1. The van der Waals surface area contributed by atoms with Gasteiger partial charge in [0.2, 0.25) is 0 Å². The van der Waals surface area contributed by atoms with Gasteiger partial charge in [0.05, 0.1) is 7.11 Å². The van der Waals surface area contributed by atoms with E-state index < -0.39 is 6.10 Å². The van der Waals surface area contributed by atoms with Gasteiger partial charge in [0, 0.05) is 7.11 Å². The standard InChI is InChI=1S/C10H14O2.C10H12O2/c2*1-3-4-8-5-6-9(11)10(7-8)12-2/h3,5-7,9-11H,1,4H2,2H3;3,5-7,11H,1,4H2,2H3. The van der Waals surface area contributed by atoms with Gasteiger partial charge in [0.1, 0.15) is 12.2 Å². The van der Waals surface area contributed by atoms with E-state index in [0.29, 0.717) is 5.75 Å². The summed E-state index contributed by atoms with van der Waals surface area (Å²) in [7, 11) is 3.13. The summed E-state index contributed by atoms with van der Waals surface area (Å²) in [4.78, 5) is 0. The van der Waals surface area contributed by atoms with Gasteiger partial charge in [0.15, 0.2) is 11.5 Å². The summed E-state index contributed by atoms with van der Waals surface area (Å²) in [5.74, 6) is 0.680. The molecule has 0 spiro atoms. The lowest BCUT2D eigenvalue weighted by molar-refractivity contribution is 0.0409. The summed E-state index contributed by atoms with van der Waals surface area (Å²) < 4.78 is 10.0. The van der Waals surface area contributed by atoms with Crippen molar-refractivity contribution in [2.45, 2.75) is 25.0 Å². The van der Waals surface area contributed by atoms with Gasteiger partial charge in [-0.25, -0.2) is 0 Å². The SMILES string of the molecule is C=CCC1=CC(OC)C(O)C=C1.C=CCc1ccc(O)c(OC)c1. The molecule has 2 N–H and O–H groups in total. The Kier molecular flexibility index (Phi) is 8.61. The molecule has 1 aliphatic carbocycles. The topological polar surface area (TPSA) is 58.9 Å². The van der Waals surface area contributed by atoms with E-state index in [1.54, 1.807) is 25.3 Å². The molecular weight excluding hydrogens is 304 g/mol. The number of rotatable bonds is 6. The summed E-state index contributed by atoms with van der Waals surface area (Å²) in [6, 6.07) is 5.27. The van der Waals surface area contributed by atoms with Gasteiger partial charge in [-0.2, -0.15) is 0 Å². The Morgan fingerprint density at radius 2 is 1.88 bits per heavy atom. The van der Waals surface area contributed by atoms with Crippen molar-refractivity contribution in [3.63, 3.8) is 0 Å². The summed E-state index contributed by atoms with van der Waals surface area (Å²) in [6.45, 7) is 7.28. The lowest BCUT2D eigenvalue weighted by atomic mass is 10.0. The predicted octanol–water partition coefficient (Wildman–Crippen LogP) is 3.56. The Morgan fingerprint density at radius 3 is 2.46 bits per heavy atom. The van der Waals surface area contributed by atoms with Crippen LogP contribution in [0.4, 0.5) is 0 Å². The van der Waals surface area contributed by atoms with E-state index in [4.69, 9.17) is 9.47 Å². The average Bonchev–Trinajstić information content (AvgIpc) is 2.59. The Balaban J connectivity index is 0.000000240. The summed E-state index contributed by atoms with van der Waals surface area (Å²) in [5, 5.41) is 18.6. The van der Waals surface area contributed by atoms with Gasteiger partial charge in [-0.05, 0) is 42.2 Å². The first-order valence-corrected chi connectivity index (χ1v) is 7.73. The van der Waals surface area contributed by atoms with Gasteiger partial charge in [-0.15, -0.1) is 13.2 Å². The van der Waals surface area contributed by atoms with Crippen LogP contribution >= 0.6 is 0 Å². The number of allylic oxidation sites excluding steroid dienone is 4. The lowest BCUT2D eigenvalue weighted by Gasteiger charge is -2.20. The number of methoxy groups -OCH3 is 2. The largest absolute Gasteiger partial charge is 0.504 e. The zero-order chi connectivity index (χ0) is 17.9. The van der Waals surface area contributed by atoms with Crippen molar-refractivity contribution < 1.29 is 19.7 Å². The molecule has 1 aromatic rings. The van der Waals surface area contributed by atoms with Crippen molar-refractivity contribution in [2.75, 3.05) is 14.2 Å². The molecule has 0 radical (unpaired) electrons. The molecule has 0 saturated heterocycles. The molecule has 4 heteroatoms. The van der Waals surface area contributed by atoms with Gasteiger partial charge < -0.3 is 19.7 Å². The second-order valence-electron chi connectivity index (χ2n) is 5.28. The van der Waals surface area contributed by atoms with Crippen LogP contribution in [-0.2, 0) is 11.2 Å². The minimum atomic E-state index is -0.511. The van der Waals surface area contributed by atoms with E-state index in [1.165, 1.54) is 7.11 Å². The zero-order valence-electron chi connectivity index (χ0n) is 14.3. The van der Waals surface area contributed by atoms with E-state index in [0.717, 1.165) is 24.0 Å². The van der Waals surface area contributed by atoms with Crippen LogP contribution in [0.5, 0.6) is 11.5 Å². The van der Waals surface area contributed by atoms with Crippen LogP contribution in [0.15, 0.2) is 67.3 Å². The van der Waals surface area contributed by atoms with Crippen LogP contribution in [0.25, 0.3) is 0 Å². The van der Waals surface area contributed by atoms with Crippen LogP contribution in [-0.4, -0.2) is 36.6 Å². The molecule has 0 aliphatic heterocycles. The molecule has 0 bridgehead atoms. The minimum absolute atomic E-state index is 0.172. The summed E-state index contributed by atoms with van der Waals surface area (Å²) in [6.07, 6.45) is 10.1. The number of phenols is 1. The molecule has 130 valence electrons. The molecule has 0 heterocycles. The normalized spacial score (nSPS) is 18.9. The quantitative estimate of drug-likeness (QED) is 0.783. The third kappa shape index (κ3) is 6.07. The van der Waals surface area contributed by atoms with E-state index in [9.17, 15) is 10.2 Å². The number of hydrogen-bond acceptors (Lipinski definition) is 4. The molecule has 0 aromatic heterocycles. The fourth-order valence-corrected chi connectivity index (χ4v) is 2.22. The third-order valence-corrected chi connectivity index (χ3v) is 3.50. The van der Waals surface area contributed by atoms with Crippen molar-refractivity contribution in [3.8, 4) is 11.5 Å². The first kappa shape index (κ1) is 19.7. The van der Waals surface area contributed by atoms with Gasteiger partial charge >= 0.3 is 0 Å². The number of aliphatic hydroxyl groups is 1. The first-order chi connectivity index (χ1) is 11.5. The number of hydrogen-bond donors (Lipinski definition) is 2. The summed E-state index contributed by atoms with van der Waals surface area (Å²) in [5.41, 5.74) is 2.22. The predicted molar refractivity (Wildman–Crippen MR) is 97.4 cm³/mol. The molecule has 2 atom stereocenters. The highest BCUT2D eigenvalue weighted by Crippen LogP contribution is 2.26. The Morgan fingerprint density at radius 1 is 1.17 bits per heavy atom. The molecule has 1 aliphatic rings. The molecule has 24 heavy (non-hydrogen) atoms. The molecule has 1 aromatic carbocycles. The van der Waals surface area contributed by atoms with Crippen LogP contribution in [0.3, 0.4) is 0 Å². The second kappa shape index (κ2) is 10.5. The van der Waals surface area contributed by atoms with Crippen LogP contribution in [0.2, 0.25) is 0 Å². The number of aromatic hydroxyl groups is 1. The number of ether oxygens (including phenoxy) is 2. The lowest BCUT2D eigenvalue weighted by Crippen LogP contribution is -2.26. The van der Waals surface area contributed by atoms with E-state index >= 15 is 0 Å². The highest BCUT2D eigenvalue weighted by Gasteiger charge is 2.16. The number of phenolic OH excluding ortho intramolecular Hbond substituents is 1. The smallest absolute Gasteiger partial charge is 0.160 e. The Labute approximate surface area is 144 Å². The summed E-state index contributed by atoms with van der Waals surface area (Å²) >= 11 is 0. The maximum Gasteiger partial charge on any atom is 0.160 e. The van der Waals surface area contributed by atoms with Crippen LogP contribution in [0.1, 0.15) is 12.0 Å². The average molecular weight is 330 g/mol. The highest BCUT2D eigenvalue weighted by atomic mass is 16.5. The molecule has 2 unspecified atom stereocenters. The molecule has 4 nitrogen and oxygen atoms in total. The highest BCUT2D eigenvalue weighted by molar-refractivity contribution is 5.42. The number of aliphatic hydroxyl groups excluding tert-OH is 1. The van der Waals surface area contributed by atoms with Crippen molar-refractivity contribution in [1.29, 1.82) is 0 Å². The van der Waals surface area contributed by atoms with Crippen molar-refractivity contribution in [1.82, 2.24) is 0 Å². The molecule has 0 amide bonds. The molecule has 2 rings (SSSR count). The second-order valence-corrected chi connectivity index (χ2v) is 5.28. The van der Waals surface area contributed by atoms with Gasteiger partial charge in [0.25, 0.3) is 0 Å². The van der Waals surface area contributed by atoms with Gasteiger partial charge in [-0.3, -0.25) is 0 Å². The van der Waals surface area contributed by atoms with Gasteiger partial charge in [-0.1, -0.05) is 30.4 Å². The third-order valence-electron chi connectivity index (χ3n) is 3.50. The Bertz CT molecular complexity index is 602. The molecule has 0 fully saturated rings. The molecule has 0 saturated carbocycles. The van der Waals surface area contributed by atoms with Crippen molar-refractivity contribution in [3.05, 3.63) is 72.9 Å². The minimum Gasteiger partial charge on any atom is -0.504 e. The fraction of sp³-hybridized carbons (Fsp3) is 0.300. The van der Waals surface area contributed by atoms with Crippen LogP contribution in [0, 0.1) is 0 Å². The van der Waals surface area contributed by atoms with E-state index in [2.05, 4.69) is 13.2 Å². The van der Waals surface area contributed by atoms with Crippen molar-refractivity contribution in [2.24, 2.45) is 0 Å². The molecular formula is C20H26O4. The fourth-order valence-electron chi connectivity index (χ4n) is 2.22. The van der Waals surface area contributed by atoms with Crippen molar-refractivity contribution >= 4 is 0 Å². The zero-order valence-corrected chi connectivity index (χ0v) is 14.3. The monoisotopic (exact) mass is 330 g/mol. The first-order valence-electron chi connectivity index (χ1n) is 7.73. The van der Waals surface area contributed by atoms with Crippen LogP contribution < -0.4 is 4.74 Å². The van der Waals surface area contributed by atoms with E-state index in [-0.39, 0.29) is 11.9 Å². The van der Waals surface area contributed by atoms with E-state index in [1.807, 2.05) is 30.4 Å².